The summed E-state index contributed by atoms with van der Waals surface area (Å²) in [6, 6.07) is 6.53. The third-order valence-corrected chi connectivity index (χ3v) is 6.33. The lowest BCUT2D eigenvalue weighted by atomic mass is 9.98. The smallest absolute Gasteiger partial charge is 0.191 e. The van der Waals surface area contributed by atoms with Crippen LogP contribution in [0.2, 0.25) is 0 Å². The lowest BCUT2D eigenvalue weighted by molar-refractivity contribution is 0.186. The van der Waals surface area contributed by atoms with Crippen molar-refractivity contribution in [1.82, 2.24) is 20.4 Å². The van der Waals surface area contributed by atoms with Crippen molar-refractivity contribution in [3.63, 3.8) is 0 Å². The van der Waals surface area contributed by atoms with E-state index in [1.165, 1.54) is 31.5 Å². The van der Waals surface area contributed by atoms with Crippen molar-refractivity contribution in [2.24, 2.45) is 10.9 Å². The van der Waals surface area contributed by atoms with Gasteiger partial charge in [-0.05, 0) is 62.9 Å². The average Bonchev–Trinajstić information content (AvgIpc) is 3.24. The first kappa shape index (κ1) is 23.7. The van der Waals surface area contributed by atoms with Crippen LogP contribution in [0.5, 0.6) is 11.5 Å². The van der Waals surface area contributed by atoms with Crippen LogP contribution in [-0.4, -0.2) is 81.8 Å². The SMILES string of the molecule is CCNC(=NCC1CCCN(CC)C1)NC1CCN(Cc2cc(OC)cc(OC)c2)C1. The van der Waals surface area contributed by atoms with Crippen LogP contribution < -0.4 is 20.1 Å². The van der Waals surface area contributed by atoms with E-state index in [9.17, 15) is 0 Å². The number of aliphatic imine (C=N–C) groups is 1. The molecule has 0 spiro atoms. The zero-order valence-electron chi connectivity index (χ0n) is 19.8. The average molecular weight is 432 g/mol. The number of ether oxygens (including phenoxy) is 2. The summed E-state index contributed by atoms with van der Waals surface area (Å²) < 4.78 is 10.8. The van der Waals surface area contributed by atoms with Gasteiger partial charge in [-0.1, -0.05) is 6.92 Å². The first-order chi connectivity index (χ1) is 15.1. The highest BCUT2D eigenvalue weighted by molar-refractivity contribution is 5.80. The molecule has 2 heterocycles. The molecule has 2 aliphatic heterocycles. The summed E-state index contributed by atoms with van der Waals surface area (Å²) in [4.78, 5) is 9.97. The van der Waals surface area contributed by atoms with E-state index in [0.29, 0.717) is 12.0 Å². The van der Waals surface area contributed by atoms with Gasteiger partial charge < -0.3 is 25.0 Å². The lowest BCUT2D eigenvalue weighted by Crippen LogP contribution is -2.45. The highest BCUT2D eigenvalue weighted by Crippen LogP contribution is 2.24. The quantitative estimate of drug-likeness (QED) is 0.463. The molecule has 3 rings (SSSR count). The van der Waals surface area contributed by atoms with Crippen molar-refractivity contribution in [3.8, 4) is 11.5 Å². The molecule has 0 amide bonds. The molecule has 174 valence electrons. The van der Waals surface area contributed by atoms with E-state index in [-0.39, 0.29) is 0 Å². The molecule has 0 saturated carbocycles. The van der Waals surface area contributed by atoms with E-state index < -0.39 is 0 Å². The molecule has 2 fully saturated rings. The highest BCUT2D eigenvalue weighted by atomic mass is 16.5. The molecule has 2 saturated heterocycles. The Balaban J connectivity index is 1.52. The number of piperidine rings is 1. The third kappa shape index (κ3) is 7.28. The Labute approximate surface area is 188 Å². The van der Waals surface area contributed by atoms with Gasteiger partial charge in [0.2, 0.25) is 0 Å². The lowest BCUT2D eigenvalue weighted by Gasteiger charge is -2.31. The van der Waals surface area contributed by atoms with Gasteiger partial charge in [-0.25, -0.2) is 0 Å². The summed E-state index contributed by atoms with van der Waals surface area (Å²) in [5.74, 6) is 3.32. The van der Waals surface area contributed by atoms with Gasteiger partial charge in [-0.3, -0.25) is 9.89 Å². The van der Waals surface area contributed by atoms with E-state index in [1.54, 1.807) is 14.2 Å². The predicted molar refractivity (Wildman–Crippen MR) is 127 cm³/mol. The minimum Gasteiger partial charge on any atom is -0.497 e. The molecule has 1 aromatic rings. The number of guanidine groups is 1. The van der Waals surface area contributed by atoms with Gasteiger partial charge in [0, 0.05) is 51.4 Å². The second-order valence-corrected chi connectivity index (χ2v) is 8.71. The molecule has 1 aromatic carbocycles. The minimum atomic E-state index is 0.420. The number of methoxy groups -OCH3 is 2. The van der Waals surface area contributed by atoms with Crippen molar-refractivity contribution in [2.45, 2.75) is 45.7 Å². The summed E-state index contributed by atoms with van der Waals surface area (Å²) in [5.41, 5.74) is 1.22. The van der Waals surface area contributed by atoms with Crippen LogP contribution in [0.4, 0.5) is 0 Å². The van der Waals surface area contributed by atoms with Crippen molar-refractivity contribution >= 4 is 5.96 Å². The molecular weight excluding hydrogens is 390 g/mol. The number of hydrogen-bond acceptors (Lipinski definition) is 5. The maximum absolute atomic E-state index is 5.42. The largest absolute Gasteiger partial charge is 0.497 e. The summed E-state index contributed by atoms with van der Waals surface area (Å²) >= 11 is 0. The van der Waals surface area contributed by atoms with Crippen LogP contribution in [-0.2, 0) is 6.54 Å². The Morgan fingerprint density at radius 2 is 1.81 bits per heavy atom. The fraction of sp³-hybridized carbons (Fsp3) is 0.708. The first-order valence-corrected chi connectivity index (χ1v) is 11.8. The Bertz CT molecular complexity index is 689. The number of nitrogens with one attached hydrogen (secondary N) is 2. The standard InChI is InChI=1S/C24H41N5O2/c1-5-25-24(26-15-19-8-7-10-28(6-2)16-19)27-21-9-11-29(18-21)17-20-12-22(30-3)14-23(13-20)31-4/h12-14,19,21H,5-11,15-18H2,1-4H3,(H2,25,26,27). The second-order valence-electron chi connectivity index (χ2n) is 8.71. The van der Waals surface area contributed by atoms with Crippen LogP contribution in [0.1, 0.15) is 38.7 Å². The minimum absolute atomic E-state index is 0.420. The van der Waals surface area contributed by atoms with Gasteiger partial charge in [0.15, 0.2) is 5.96 Å². The second kappa shape index (κ2) is 12.2. The molecule has 2 N–H and O–H groups in total. The third-order valence-electron chi connectivity index (χ3n) is 6.33. The summed E-state index contributed by atoms with van der Waals surface area (Å²) in [7, 11) is 3.39. The number of likely N-dealkylation sites (tertiary alicyclic amines) is 2. The maximum Gasteiger partial charge on any atom is 0.191 e. The van der Waals surface area contributed by atoms with Gasteiger partial charge in [0.05, 0.1) is 14.2 Å². The maximum atomic E-state index is 5.42. The van der Waals surface area contributed by atoms with Gasteiger partial charge in [-0.2, -0.15) is 0 Å². The fourth-order valence-electron chi connectivity index (χ4n) is 4.63. The van der Waals surface area contributed by atoms with Crippen molar-refractivity contribution in [3.05, 3.63) is 23.8 Å². The number of rotatable bonds is 9. The molecule has 7 nitrogen and oxygen atoms in total. The predicted octanol–water partition coefficient (Wildman–Crippen LogP) is 2.57. The number of nitrogens with zero attached hydrogens (tertiary/aromatic N) is 3. The van der Waals surface area contributed by atoms with Gasteiger partial charge in [0.25, 0.3) is 0 Å². The molecule has 31 heavy (non-hydrogen) atoms. The Hall–Kier alpha value is -1.99. The van der Waals surface area contributed by atoms with E-state index in [2.05, 4.69) is 46.4 Å². The highest BCUT2D eigenvalue weighted by Gasteiger charge is 2.24. The normalized spacial score (nSPS) is 23.0. The van der Waals surface area contributed by atoms with Crippen molar-refractivity contribution in [2.75, 3.05) is 60.0 Å². The van der Waals surface area contributed by atoms with Crippen LogP contribution in [0.25, 0.3) is 0 Å². The topological polar surface area (TPSA) is 61.4 Å². The Kier molecular flexibility index (Phi) is 9.28. The number of benzene rings is 1. The van der Waals surface area contributed by atoms with E-state index in [4.69, 9.17) is 14.5 Å². The van der Waals surface area contributed by atoms with Gasteiger partial charge in [0.1, 0.15) is 11.5 Å². The molecule has 0 bridgehead atoms. The fourth-order valence-corrected chi connectivity index (χ4v) is 4.63. The zero-order chi connectivity index (χ0) is 22.1. The van der Waals surface area contributed by atoms with E-state index in [1.807, 2.05) is 6.07 Å². The van der Waals surface area contributed by atoms with Gasteiger partial charge >= 0.3 is 0 Å². The van der Waals surface area contributed by atoms with Crippen molar-refractivity contribution < 1.29 is 9.47 Å². The Morgan fingerprint density at radius 3 is 2.48 bits per heavy atom. The van der Waals surface area contributed by atoms with Crippen LogP contribution >= 0.6 is 0 Å². The van der Waals surface area contributed by atoms with Crippen molar-refractivity contribution in [1.29, 1.82) is 0 Å². The summed E-state index contributed by atoms with van der Waals surface area (Å²) in [6.45, 7) is 12.7. The molecule has 7 heteroatoms. The van der Waals surface area contributed by atoms with Crippen LogP contribution in [0.15, 0.2) is 23.2 Å². The first-order valence-electron chi connectivity index (χ1n) is 11.8. The molecule has 0 aromatic heterocycles. The molecule has 2 unspecified atom stereocenters. The summed E-state index contributed by atoms with van der Waals surface area (Å²) in [5, 5.41) is 7.12. The van der Waals surface area contributed by atoms with Gasteiger partial charge in [-0.15, -0.1) is 0 Å². The number of hydrogen-bond donors (Lipinski definition) is 2. The molecule has 0 radical (unpaired) electrons. The van der Waals surface area contributed by atoms with Crippen LogP contribution in [0.3, 0.4) is 0 Å². The molecule has 2 aliphatic rings. The molecular formula is C24H41N5O2. The summed E-state index contributed by atoms with van der Waals surface area (Å²) in [6.07, 6.45) is 3.71. The monoisotopic (exact) mass is 431 g/mol. The molecule has 2 atom stereocenters. The Morgan fingerprint density at radius 1 is 1.03 bits per heavy atom. The van der Waals surface area contributed by atoms with Crippen LogP contribution in [0, 0.1) is 5.92 Å². The molecule has 0 aliphatic carbocycles. The van der Waals surface area contributed by atoms with E-state index in [0.717, 1.165) is 63.1 Å². The van der Waals surface area contributed by atoms with E-state index >= 15 is 0 Å². The zero-order valence-corrected chi connectivity index (χ0v) is 19.8.